The van der Waals surface area contributed by atoms with E-state index in [1.165, 1.54) is 6.42 Å². The van der Waals surface area contributed by atoms with Gasteiger partial charge in [-0.15, -0.1) is 0 Å². The molecule has 2 amide bonds. The summed E-state index contributed by atoms with van der Waals surface area (Å²) in [6.07, 6.45) is 3.63. The summed E-state index contributed by atoms with van der Waals surface area (Å²) in [5.41, 5.74) is 0.816. The molecule has 0 unspecified atom stereocenters. The Bertz CT molecular complexity index is 573. The van der Waals surface area contributed by atoms with Crippen LogP contribution in [-0.2, 0) is 9.59 Å². The molecule has 2 atom stereocenters. The molecule has 22 heavy (non-hydrogen) atoms. The van der Waals surface area contributed by atoms with Crippen molar-refractivity contribution in [3.63, 3.8) is 0 Å². The van der Waals surface area contributed by atoms with Crippen LogP contribution in [0.25, 0.3) is 0 Å². The Hall–Kier alpha value is -1.55. The zero-order valence-electron chi connectivity index (χ0n) is 12.8. The minimum Gasteiger partial charge on any atom is -0.340 e. The molecular weight excluding hydrogens is 300 g/mol. The largest absolute Gasteiger partial charge is 0.340 e. The molecule has 2 heterocycles. The van der Waals surface area contributed by atoms with E-state index in [1.807, 2.05) is 17.0 Å². The van der Waals surface area contributed by atoms with Gasteiger partial charge in [0.05, 0.1) is 5.92 Å². The fraction of sp³-hybridized carbons (Fsp3) is 0.529. The molecule has 1 aromatic carbocycles. The van der Waals surface area contributed by atoms with Gasteiger partial charge in [0.2, 0.25) is 11.8 Å². The van der Waals surface area contributed by atoms with Gasteiger partial charge in [0.15, 0.2) is 0 Å². The SMILES string of the molecule is C[C@H]1CCCCN1C(=O)[C@@H]1CC(=O)N(c2ccc(Cl)cc2)C1. The summed E-state index contributed by atoms with van der Waals surface area (Å²) in [6.45, 7) is 3.40. The number of halogens is 1. The zero-order chi connectivity index (χ0) is 15.7. The third kappa shape index (κ3) is 2.98. The number of carbonyl (C=O) groups is 2. The van der Waals surface area contributed by atoms with Gasteiger partial charge in [-0.25, -0.2) is 0 Å². The van der Waals surface area contributed by atoms with E-state index in [2.05, 4.69) is 6.92 Å². The highest BCUT2D eigenvalue weighted by molar-refractivity contribution is 6.30. The molecule has 0 aromatic heterocycles. The number of benzene rings is 1. The Balaban J connectivity index is 1.71. The van der Waals surface area contributed by atoms with Crippen LogP contribution < -0.4 is 4.90 Å². The molecule has 0 spiro atoms. The van der Waals surface area contributed by atoms with Gasteiger partial charge in [-0.05, 0) is 50.5 Å². The van der Waals surface area contributed by atoms with Crippen LogP contribution in [0.15, 0.2) is 24.3 Å². The Morgan fingerprint density at radius 3 is 2.64 bits per heavy atom. The first-order valence-electron chi connectivity index (χ1n) is 7.92. The molecule has 2 aliphatic rings. The van der Waals surface area contributed by atoms with E-state index in [9.17, 15) is 9.59 Å². The van der Waals surface area contributed by atoms with E-state index >= 15 is 0 Å². The van der Waals surface area contributed by atoms with E-state index < -0.39 is 0 Å². The minimum atomic E-state index is -0.219. The number of amides is 2. The van der Waals surface area contributed by atoms with E-state index in [0.717, 1.165) is 25.1 Å². The quantitative estimate of drug-likeness (QED) is 0.840. The first-order chi connectivity index (χ1) is 10.6. The predicted octanol–water partition coefficient (Wildman–Crippen LogP) is 3.09. The molecule has 2 aliphatic heterocycles. The van der Waals surface area contributed by atoms with Crippen molar-refractivity contribution in [2.75, 3.05) is 18.0 Å². The summed E-state index contributed by atoms with van der Waals surface area (Å²) in [6, 6.07) is 7.49. The Morgan fingerprint density at radius 2 is 1.95 bits per heavy atom. The Labute approximate surface area is 136 Å². The minimum absolute atomic E-state index is 0.0188. The van der Waals surface area contributed by atoms with Crippen molar-refractivity contribution >= 4 is 29.1 Å². The second-order valence-electron chi connectivity index (χ2n) is 6.26. The van der Waals surface area contributed by atoms with E-state index in [-0.39, 0.29) is 17.7 Å². The third-order valence-corrected chi connectivity index (χ3v) is 4.95. The van der Waals surface area contributed by atoms with Crippen LogP contribution in [0.3, 0.4) is 0 Å². The molecule has 0 N–H and O–H groups in total. The van der Waals surface area contributed by atoms with Gasteiger partial charge in [0.25, 0.3) is 0 Å². The maximum absolute atomic E-state index is 12.7. The van der Waals surface area contributed by atoms with Crippen LogP contribution in [-0.4, -0.2) is 35.8 Å². The van der Waals surface area contributed by atoms with Gasteiger partial charge in [-0.1, -0.05) is 11.6 Å². The van der Waals surface area contributed by atoms with Crippen molar-refractivity contribution in [1.29, 1.82) is 0 Å². The molecule has 0 radical (unpaired) electrons. The van der Waals surface area contributed by atoms with Crippen LogP contribution in [0, 0.1) is 5.92 Å². The number of hydrogen-bond acceptors (Lipinski definition) is 2. The standard InChI is InChI=1S/C17H21ClN2O2/c1-12-4-2-3-9-19(12)17(22)13-10-16(21)20(11-13)15-7-5-14(18)6-8-15/h5-8,12-13H,2-4,9-11H2,1H3/t12-,13+/m0/s1. The Morgan fingerprint density at radius 1 is 1.23 bits per heavy atom. The van der Waals surface area contributed by atoms with Gasteiger partial charge in [0, 0.05) is 36.3 Å². The summed E-state index contributed by atoms with van der Waals surface area (Å²) in [5, 5.41) is 0.644. The molecule has 0 bridgehead atoms. The van der Waals surface area contributed by atoms with Crippen LogP contribution in [0.2, 0.25) is 5.02 Å². The van der Waals surface area contributed by atoms with E-state index in [0.29, 0.717) is 24.0 Å². The molecule has 0 aliphatic carbocycles. The number of hydrogen-bond donors (Lipinski definition) is 0. The van der Waals surface area contributed by atoms with Crippen molar-refractivity contribution < 1.29 is 9.59 Å². The van der Waals surface area contributed by atoms with Crippen LogP contribution in [0.1, 0.15) is 32.6 Å². The first kappa shape index (κ1) is 15.3. The second-order valence-corrected chi connectivity index (χ2v) is 6.69. The van der Waals surface area contributed by atoms with Gasteiger partial charge in [0.1, 0.15) is 0 Å². The maximum Gasteiger partial charge on any atom is 0.228 e. The molecule has 118 valence electrons. The number of piperidine rings is 1. The highest BCUT2D eigenvalue weighted by atomic mass is 35.5. The Kier molecular flexibility index (Phi) is 4.39. The van der Waals surface area contributed by atoms with Crippen molar-refractivity contribution in [2.24, 2.45) is 5.92 Å². The number of rotatable bonds is 2. The average Bonchev–Trinajstić information content (AvgIpc) is 2.90. The molecule has 3 rings (SSSR count). The van der Waals surface area contributed by atoms with Crippen molar-refractivity contribution in [2.45, 2.75) is 38.6 Å². The highest BCUT2D eigenvalue weighted by Crippen LogP contribution is 2.29. The summed E-state index contributed by atoms with van der Waals surface area (Å²) in [7, 11) is 0. The lowest BCUT2D eigenvalue weighted by Gasteiger charge is -2.35. The van der Waals surface area contributed by atoms with Gasteiger partial charge >= 0.3 is 0 Å². The summed E-state index contributed by atoms with van der Waals surface area (Å²) in [5.74, 6) is -0.0638. The van der Waals surface area contributed by atoms with Crippen LogP contribution in [0.5, 0.6) is 0 Å². The predicted molar refractivity (Wildman–Crippen MR) is 86.9 cm³/mol. The molecular formula is C17H21ClN2O2. The van der Waals surface area contributed by atoms with Gasteiger partial charge < -0.3 is 9.80 Å². The number of likely N-dealkylation sites (tertiary alicyclic amines) is 1. The topological polar surface area (TPSA) is 40.6 Å². The third-order valence-electron chi connectivity index (χ3n) is 4.70. The second kappa shape index (κ2) is 6.29. The monoisotopic (exact) mass is 320 g/mol. The van der Waals surface area contributed by atoms with Gasteiger partial charge in [-0.2, -0.15) is 0 Å². The summed E-state index contributed by atoms with van der Waals surface area (Å²) in [4.78, 5) is 28.6. The molecule has 2 fully saturated rings. The van der Waals surface area contributed by atoms with Crippen molar-refractivity contribution in [1.82, 2.24) is 4.90 Å². The molecule has 4 nitrogen and oxygen atoms in total. The molecule has 0 saturated carbocycles. The van der Waals surface area contributed by atoms with Gasteiger partial charge in [-0.3, -0.25) is 9.59 Å². The van der Waals surface area contributed by atoms with Crippen molar-refractivity contribution in [3.8, 4) is 0 Å². The molecule has 5 heteroatoms. The fourth-order valence-electron chi connectivity index (χ4n) is 3.40. The van der Waals surface area contributed by atoms with E-state index in [1.54, 1.807) is 17.0 Å². The number of anilines is 1. The highest BCUT2D eigenvalue weighted by Gasteiger charge is 2.38. The summed E-state index contributed by atoms with van der Waals surface area (Å²) < 4.78 is 0. The fourth-order valence-corrected chi connectivity index (χ4v) is 3.53. The normalized spacial score (nSPS) is 25.6. The lowest BCUT2D eigenvalue weighted by molar-refractivity contribution is -0.139. The smallest absolute Gasteiger partial charge is 0.228 e. The van der Waals surface area contributed by atoms with E-state index in [4.69, 9.17) is 11.6 Å². The first-order valence-corrected chi connectivity index (χ1v) is 8.30. The van der Waals surface area contributed by atoms with Crippen LogP contribution in [0.4, 0.5) is 5.69 Å². The molecule has 2 saturated heterocycles. The maximum atomic E-state index is 12.7. The lowest BCUT2D eigenvalue weighted by atomic mass is 9.99. The molecule has 1 aromatic rings. The average molecular weight is 321 g/mol. The van der Waals surface area contributed by atoms with Crippen molar-refractivity contribution in [3.05, 3.63) is 29.3 Å². The lowest BCUT2D eigenvalue weighted by Crippen LogP contribution is -2.45. The number of carbonyl (C=O) groups excluding carboxylic acids is 2. The van der Waals surface area contributed by atoms with Crippen LogP contribution >= 0.6 is 11.6 Å². The zero-order valence-corrected chi connectivity index (χ0v) is 13.6. The number of nitrogens with zero attached hydrogens (tertiary/aromatic N) is 2. The summed E-state index contributed by atoms with van der Waals surface area (Å²) >= 11 is 5.89.